The lowest BCUT2D eigenvalue weighted by Crippen LogP contribution is -2.19. The molecule has 8 nitrogen and oxygen atoms in total. The molecule has 0 spiro atoms. The van der Waals surface area contributed by atoms with Gasteiger partial charge in [-0.2, -0.15) is 0 Å². The number of phenolic OH excluding ortho intramolecular Hbond substituents is 1. The predicted molar refractivity (Wildman–Crippen MR) is 150 cm³/mol. The summed E-state index contributed by atoms with van der Waals surface area (Å²) in [7, 11) is 1.66. The molecular formula is C31H27N3O5. The fraction of sp³-hybridized carbons (Fsp3) is 0.129. The Kier molecular flexibility index (Phi) is 6.64. The van der Waals surface area contributed by atoms with Gasteiger partial charge >= 0.3 is 5.97 Å². The second-order valence-electron chi connectivity index (χ2n) is 9.55. The number of aromatic hydroxyl groups is 2. The molecule has 0 fully saturated rings. The number of hydrogen-bond acceptors (Lipinski definition) is 6. The SMILES string of the molecule is COC(C)(C)c1ccc(-n2c(O)c(N=Nc3cccc(-c4cccc(C(=O)O)c4)c3O)c3ccccc32)cc1. The van der Waals surface area contributed by atoms with E-state index in [0.29, 0.717) is 16.5 Å². The zero-order valence-electron chi connectivity index (χ0n) is 21.7. The normalized spacial score (nSPS) is 11.9. The summed E-state index contributed by atoms with van der Waals surface area (Å²) in [6, 6.07) is 26.4. The monoisotopic (exact) mass is 521 g/mol. The second-order valence-corrected chi connectivity index (χ2v) is 9.55. The molecule has 4 aromatic carbocycles. The van der Waals surface area contributed by atoms with Gasteiger partial charge in [-0.25, -0.2) is 4.79 Å². The number of carboxylic acids is 1. The van der Waals surface area contributed by atoms with E-state index in [2.05, 4.69) is 10.2 Å². The summed E-state index contributed by atoms with van der Waals surface area (Å²) in [6.07, 6.45) is 0. The number of carbonyl (C=O) groups is 1. The van der Waals surface area contributed by atoms with Crippen molar-refractivity contribution in [3.05, 3.63) is 102 Å². The van der Waals surface area contributed by atoms with E-state index in [-0.39, 0.29) is 28.6 Å². The minimum atomic E-state index is -1.06. The van der Waals surface area contributed by atoms with E-state index in [1.807, 2.05) is 62.4 Å². The fourth-order valence-electron chi connectivity index (χ4n) is 4.47. The highest BCUT2D eigenvalue weighted by atomic mass is 16.5. The van der Waals surface area contributed by atoms with Crippen molar-refractivity contribution in [3.63, 3.8) is 0 Å². The average Bonchev–Trinajstić information content (AvgIpc) is 3.23. The van der Waals surface area contributed by atoms with Gasteiger partial charge < -0.3 is 20.1 Å². The number of aromatic nitrogens is 1. The number of methoxy groups -OCH3 is 1. The van der Waals surface area contributed by atoms with Gasteiger partial charge in [-0.1, -0.05) is 54.6 Å². The summed E-state index contributed by atoms with van der Waals surface area (Å²) in [6.45, 7) is 3.96. The van der Waals surface area contributed by atoms with Gasteiger partial charge in [-0.05, 0) is 61.4 Å². The van der Waals surface area contributed by atoms with Gasteiger partial charge in [0.15, 0.2) is 11.4 Å². The lowest BCUT2D eigenvalue weighted by Gasteiger charge is -2.23. The molecule has 3 N–H and O–H groups in total. The molecule has 0 aliphatic heterocycles. The summed E-state index contributed by atoms with van der Waals surface area (Å²) in [5.74, 6) is -1.30. The molecule has 5 aromatic rings. The summed E-state index contributed by atoms with van der Waals surface area (Å²) < 4.78 is 7.27. The highest BCUT2D eigenvalue weighted by Gasteiger charge is 2.21. The summed E-state index contributed by atoms with van der Waals surface area (Å²) in [5, 5.41) is 40.8. The van der Waals surface area contributed by atoms with E-state index >= 15 is 0 Å². The van der Waals surface area contributed by atoms with Crippen molar-refractivity contribution < 1.29 is 24.9 Å². The van der Waals surface area contributed by atoms with E-state index in [0.717, 1.165) is 16.8 Å². The Morgan fingerprint density at radius 1 is 0.872 bits per heavy atom. The van der Waals surface area contributed by atoms with Gasteiger partial charge in [-0.15, -0.1) is 10.2 Å². The maximum Gasteiger partial charge on any atom is 0.335 e. The zero-order valence-corrected chi connectivity index (χ0v) is 21.7. The number of nitrogens with zero attached hydrogens (tertiary/aromatic N) is 3. The first-order chi connectivity index (χ1) is 18.7. The van der Waals surface area contributed by atoms with Crippen molar-refractivity contribution in [1.29, 1.82) is 0 Å². The van der Waals surface area contributed by atoms with E-state index < -0.39 is 11.6 Å². The molecule has 0 saturated carbocycles. The Bertz CT molecular complexity index is 1720. The second kappa shape index (κ2) is 10.1. The minimum Gasteiger partial charge on any atom is -0.505 e. The van der Waals surface area contributed by atoms with Crippen LogP contribution in [0.1, 0.15) is 29.8 Å². The Morgan fingerprint density at radius 2 is 1.59 bits per heavy atom. The number of carboxylic acid groups (broad SMARTS) is 1. The maximum atomic E-state index is 11.4. The smallest absolute Gasteiger partial charge is 0.335 e. The lowest BCUT2D eigenvalue weighted by molar-refractivity contribution is 0.0192. The van der Waals surface area contributed by atoms with Gasteiger partial charge in [-0.3, -0.25) is 4.57 Å². The largest absolute Gasteiger partial charge is 0.505 e. The predicted octanol–water partition coefficient (Wildman–Crippen LogP) is 7.70. The van der Waals surface area contributed by atoms with Gasteiger partial charge in [0.1, 0.15) is 5.69 Å². The molecule has 0 unspecified atom stereocenters. The summed E-state index contributed by atoms with van der Waals surface area (Å²) >= 11 is 0. The lowest BCUT2D eigenvalue weighted by atomic mass is 9.98. The molecule has 8 heteroatoms. The van der Waals surface area contributed by atoms with Crippen LogP contribution in [-0.4, -0.2) is 33.0 Å². The van der Waals surface area contributed by atoms with Gasteiger partial charge in [0.25, 0.3) is 0 Å². The molecule has 0 amide bonds. The van der Waals surface area contributed by atoms with Crippen LogP contribution in [0.4, 0.5) is 11.4 Å². The van der Waals surface area contributed by atoms with Gasteiger partial charge in [0.05, 0.1) is 16.7 Å². The third kappa shape index (κ3) is 4.73. The fourth-order valence-corrected chi connectivity index (χ4v) is 4.47. The number of rotatable bonds is 7. The topological polar surface area (TPSA) is 117 Å². The first-order valence-electron chi connectivity index (χ1n) is 12.3. The molecule has 0 radical (unpaired) electrons. The number of para-hydroxylation sites is 2. The van der Waals surface area contributed by atoms with Gasteiger partial charge in [0.2, 0.25) is 5.88 Å². The third-order valence-electron chi connectivity index (χ3n) is 6.85. The van der Waals surface area contributed by atoms with E-state index in [9.17, 15) is 20.1 Å². The Morgan fingerprint density at radius 3 is 2.31 bits per heavy atom. The third-order valence-corrected chi connectivity index (χ3v) is 6.85. The number of hydrogen-bond donors (Lipinski definition) is 3. The van der Waals surface area contributed by atoms with Crippen LogP contribution in [0.5, 0.6) is 11.6 Å². The molecule has 5 rings (SSSR count). The minimum absolute atomic E-state index is 0.0940. The van der Waals surface area contributed by atoms with Crippen LogP contribution in [0, 0.1) is 0 Å². The highest BCUT2D eigenvalue weighted by molar-refractivity contribution is 5.96. The molecule has 1 aromatic heterocycles. The molecule has 1 heterocycles. The molecule has 196 valence electrons. The van der Waals surface area contributed by atoms with Crippen molar-refractivity contribution in [2.45, 2.75) is 19.4 Å². The first-order valence-corrected chi connectivity index (χ1v) is 12.3. The Balaban J connectivity index is 1.56. The van der Waals surface area contributed by atoms with Crippen LogP contribution >= 0.6 is 0 Å². The van der Waals surface area contributed by atoms with E-state index in [4.69, 9.17) is 4.74 Å². The van der Waals surface area contributed by atoms with Crippen LogP contribution in [0.15, 0.2) is 101 Å². The van der Waals surface area contributed by atoms with E-state index in [1.54, 1.807) is 42.0 Å². The summed E-state index contributed by atoms with van der Waals surface area (Å²) in [4.78, 5) is 11.4. The molecule has 39 heavy (non-hydrogen) atoms. The van der Waals surface area contributed by atoms with Crippen LogP contribution in [0.2, 0.25) is 0 Å². The van der Waals surface area contributed by atoms with Crippen LogP contribution in [-0.2, 0) is 10.3 Å². The molecule has 0 aliphatic rings. The maximum absolute atomic E-state index is 11.4. The highest BCUT2D eigenvalue weighted by Crippen LogP contribution is 2.43. The summed E-state index contributed by atoms with van der Waals surface area (Å²) in [5.41, 5.74) is 3.51. The number of benzene rings is 4. The van der Waals surface area contributed by atoms with Crippen LogP contribution in [0.25, 0.3) is 27.7 Å². The van der Waals surface area contributed by atoms with Crippen molar-refractivity contribution >= 4 is 28.2 Å². The molecule has 0 atom stereocenters. The number of aromatic carboxylic acids is 1. The zero-order chi connectivity index (χ0) is 27.7. The van der Waals surface area contributed by atoms with Crippen molar-refractivity contribution in [2.75, 3.05) is 7.11 Å². The molecular weight excluding hydrogens is 494 g/mol. The number of azo groups is 1. The van der Waals surface area contributed by atoms with Gasteiger partial charge in [0, 0.05) is 23.7 Å². The standard InChI is InChI=1S/C31H27N3O5/c1-31(2,39-3)21-14-16-22(17-15-21)34-26-13-5-4-10-24(26)27(29(34)36)33-32-25-12-7-11-23(28(25)35)19-8-6-9-20(18-19)30(37)38/h4-18,35-36H,1-3H3,(H,37,38). The van der Waals surface area contributed by atoms with E-state index in [1.165, 1.54) is 12.1 Å². The quantitative estimate of drug-likeness (QED) is 0.190. The van der Waals surface area contributed by atoms with Crippen molar-refractivity contribution in [2.24, 2.45) is 10.2 Å². The van der Waals surface area contributed by atoms with Crippen molar-refractivity contribution in [3.8, 4) is 28.4 Å². The molecule has 0 saturated heterocycles. The molecule has 0 bridgehead atoms. The number of fused-ring (bicyclic) bond motifs is 1. The first kappa shape index (κ1) is 25.7. The Hall–Kier alpha value is -4.95. The van der Waals surface area contributed by atoms with Crippen molar-refractivity contribution in [1.82, 2.24) is 4.57 Å². The van der Waals surface area contributed by atoms with Crippen LogP contribution < -0.4 is 0 Å². The number of ether oxygens (including phenoxy) is 1. The molecule has 0 aliphatic carbocycles. The van der Waals surface area contributed by atoms with Crippen LogP contribution in [0.3, 0.4) is 0 Å². The Labute approximate surface area is 225 Å². The number of phenols is 1. The average molecular weight is 522 g/mol.